The number of rotatable bonds is 6. The number of aliphatic hydroxyl groups is 1. The molecule has 3 rings (SSSR count). The van der Waals surface area contributed by atoms with E-state index in [0.29, 0.717) is 5.82 Å². The number of aliphatic hydroxyl groups excluding tert-OH is 1. The number of fused-ring (bicyclic) bond motifs is 1. The molecule has 1 aromatic carbocycles. The Morgan fingerprint density at radius 1 is 1.15 bits per heavy atom. The Balaban J connectivity index is 1.86. The van der Waals surface area contributed by atoms with Crippen LogP contribution in [0.25, 0.3) is 0 Å². The third-order valence-corrected chi connectivity index (χ3v) is 4.53. The van der Waals surface area contributed by atoms with Crippen molar-refractivity contribution in [2.75, 3.05) is 37.6 Å². The van der Waals surface area contributed by atoms with Crippen molar-refractivity contribution in [1.29, 1.82) is 0 Å². The van der Waals surface area contributed by atoms with Crippen molar-refractivity contribution in [3.8, 4) is 11.5 Å². The van der Waals surface area contributed by atoms with Crippen LogP contribution < -0.4 is 19.7 Å². The molecule has 2 heterocycles. The van der Waals surface area contributed by atoms with E-state index in [4.69, 9.17) is 9.47 Å². The Morgan fingerprint density at radius 3 is 2.50 bits per heavy atom. The Labute approximate surface area is 154 Å². The van der Waals surface area contributed by atoms with Gasteiger partial charge in [0.25, 0.3) is 0 Å². The first-order chi connectivity index (χ1) is 12.5. The Bertz CT molecular complexity index is 782. The molecule has 0 radical (unpaired) electrons. The van der Waals surface area contributed by atoms with Gasteiger partial charge in [-0.05, 0) is 43.5 Å². The molecule has 1 aromatic heterocycles. The predicted molar refractivity (Wildman–Crippen MR) is 101 cm³/mol. The van der Waals surface area contributed by atoms with Crippen molar-refractivity contribution in [3.63, 3.8) is 0 Å². The summed E-state index contributed by atoms with van der Waals surface area (Å²) in [5.41, 5.74) is 2.49. The topological polar surface area (TPSA) is 79.7 Å². The molecule has 0 saturated carbocycles. The van der Waals surface area contributed by atoms with Crippen molar-refractivity contribution in [1.82, 2.24) is 9.97 Å². The molecule has 0 saturated heterocycles. The summed E-state index contributed by atoms with van der Waals surface area (Å²) in [5.74, 6) is 3.82. The molecule has 26 heavy (non-hydrogen) atoms. The second-order valence-corrected chi connectivity index (χ2v) is 6.53. The lowest BCUT2D eigenvalue weighted by molar-refractivity contribution is 0.281. The van der Waals surface area contributed by atoms with Crippen molar-refractivity contribution >= 4 is 11.6 Å². The molecule has 1 atom stereocenters. The minimum absolute atomic E-state index is 0.0527. The van der Waals surface area contributed by atoms with Crippen molar-refractivity contribution in [2.24, 2.45) is 0 Å². The third-order valence-electron chi connectivity index (χ3n) is 4.53. The summed E-state index contributed by atoms with van der Waals surface area (Å²) < 4.78 is 10.8. The molecule has 0 spiro atoms. The van der Waals surface area contributed by atoms with Crippen LogP contribution in [0, 0.1) is 6.92 Å². The van der Waals surface area contributed by atoms with Gasteiger partial charge in [0.05, 0.1) is 20.8 Å². The van der Waals surface area contributed by atoms with Crippen LogP contribution in [0.15, 0.2) is 18.2 Å². The van der Waals surface area contributed by atoms with Crippen LogP contribution in [0.5, 0.6) is 11.5 Å². The van der Waals surface area contributed by atoms with E-state index in [1.165, 1.54) is 11.1 Å². The molecule has 0 bridgehead atoms. The first-order valence-corrected chi connectivity index (χ1v) is 8.75. The Kier molecular flexibility index (Phi) is 5.46. The zero-order valence-electron chi connectivity index (χ0n) is 15.7. The fraction of sp³-hybridized carbons (Fsp3) is 0.474. The van der Waals surface area contributed by atoms with Gasteiger partial charge in [-0.15, -0.1) is 0 Å². The monoisotopic (exact) mass is 358 g/mol. The molecule has 140 valence electrons. The number of benzene rings is 1. The summed E-state index contributed by atoms with van der Waals surface area (Å²) in [4.78, 5) is 11.2. The fourth-order valence-corrected chi connectivity index (χ4v) is 3.16. The maximum absolute atomic E-state index is 9.25. The quantitative estimate of drug-likeness (QED) is 0.819. The van der Waals surface area contributed by atoms with E-state index in [9.17, 15) is 5.11 Å². The minimum atomic E-state index is -0.0593. The second kappa shape index (κ2) is 7.78. The third kappa shape index (κ3) is 3.83. The van der Waals surface area contributed by atoms with E-state index in [-0.39, 0.29) is 12.6 Å². The maximum atomic E-state index is 9.25. The molecule has 1 aliphatic rings. The molecule has 7 nitrogen and oxygen atoms in total. The smallest absolute Gasteiger partial charge is 0.161 e. The van der Waals surface area contributed by atoms with Crippen LogP contribution in [0.1, 0.15) is 23.9 Å². The zero-order valence-corrected chi connectivity index (χ0v) is 15.7. The lowest BCUT2D eigenvalue weighted by atomic mass is 9.99. The normalized spacial score (nSPS) is 14.6. The Hall–Kier alpha value is -2.54. The molecule has 2 aromatic rings. The molecule has 0 amide bonds. The zero-order chi connectivity index (χ0) is 18.7. The highest BCUT2D eigenvalue weighted by molar-refractivity contribution is 5.54. The van der Waals surface area contributed by atoms with Crippen LogP contribution >= 0.6 is 0 Å². The van der Waals surface area contributed by atoms with Crippen LogP contribution in [-0.4, -0.2) is 48.5 Å². The lowest BCUT2D eigenvalue weighted by Crippen LogP contribution is -2.31. The standard InChI is InChI=1S/C19H26N4O3/c1-12(11-24)20-18-9-19(22-13(2)21-18)23-6-5-14-7-16(25-3)17(26-4)8-15(14)10-23/h7-9,12,24H,5-6,10-11H2,1-4H3,(H,20,21,22)/t12-/m1/s1. The van der Waals surface area contributed by atoms with Crippen LogP contribution in [0.2, 0.25) is 0 Å². The number of anilines is 2. The molecule has 0 fully saturated rings. The van der Waals surface area contributed by atoms with Gasteiger partial charge in [-0.1, -0.05) is 0 Å². The van der Waals surface area contributed by atoms with Gasteiger partial charge >= 0.3 is 0 Å². The molecule has 0 unspecified atom stereocenters. The number of aryl methyl sites for hydroxylation is 1. The summed E-state index contributed by atoms with van der Waals surface area (Å²) in [5, 5.41) is 12.4. The lowest BCUT2D eigenvalue weighted by Gasteiger charge is -2.31. The summed E-state index contributed by atoms with van der Waals surface area (Å²) in [6, 6.07) is 5.98. The number of nitrogens with zero attached hydrogens (tertiary/aromatic N) is 3. The van der Waals surface area contributed by atoms with Crippen LogP contribution in [0.3, 0.4) is 0 Å². The second-order valence-electron chi connectivity index (χ2n) is 6.53. The predicted octanol–water partition coefficient (Wildman–Crippen LogP) is 2.16. The molecular formula is C19H26N4O3. The molecule has 2 N–H and O–H groups in total. The van der Waals surface area contributed by atoms with Gasteiger partial charge in [0, 0.05) is 25.2 Å². The number of hydrogen-bond donors (Lipinski definition) is 2. The van der Waals surface area contributed by atoms with Crippen molar-refractivity contribution in [3.05, 3.63) is 35.2 Å². The summed E-state index contributed by atoms with van der Waals surface area (Å²) >= 11 is 0. The van der Waals surface area contributed by atoms with Gasteiger partial charge in [-0.3, -0.25) is 0 Å². The van der Waals surface area contributed by atoms with E-state index in [1.54, 1.807) is 14.2 Å². The average Bonchev–Trinajstić information content (AvgIpc) is 2.65. The van der Waals surface area contributed by atoms with Crippen molar-refractivity contribution in [2.45, 2.75) is 32.9 Å². The van der Waals surface area contributed by atoms with E-state index >= 15 is 0 Å². The number of aromatic nitrogens is 2. The van der Waals surface area contributed by atoms with Gasteiger partial charge in [0.15, 0.2) is 11.5 Å². The largest absolute Gasteiger partial charge is 0.493 e. The number of methoxy groups -OCH3 is 2. The first-order valence-electron chi connectivity index (χ1n) is 8.75. The molecule has 1 aliphatic heterocycles. The highest BCUT2D eigenvalue weighted by Crippen LogP contribution is 2.34. The van der Waals surface area contributed by atoms with E-state index in [0.717, 1.165) is 42.6 Å². The van der Waals surface area contributed by atoms with E-state index in [1.807, 2.05) is 26.0 Å². The summed E-state index contributed by atoms with van der Waals surface area (Å²) in [6.07, 6.45) is 0.911. The Morgan fingerprint density at radius 2 is 1.85 bits per heavy atom. The van der Waals surface area contributed by atoms with Crippen LogP contribution in [0.4, 0.5) is 11.6 Å². The van der Waals surface area contributed by atoms with Gasteiger partial charge in [0.1, 0.15) is 17.5 Å². The molecule has 0 aliphatic carbocycles. The highest BCUT2D eigenvalue weighted by atomic mass is 16.5. The van der Waals surface area contributed by atoms with Crippen molar-refractivity contribution < 1.29 is 14.6 Å². The minimum Gasteiger partial charge on any atom is -0.493 e. The van der Waals surface area contributed by atoms with Gasteiger partial charge in [-0.2, -0.15) is 0 Å². The van der Waals surface area contributed by atoms with Gasteiger partial charge in [0.2, 0.25) is 0 Å². The summed E-state index contributed by atoms with van der Waals surface area (Å²) in [7, 11) is 3.31. The van der Waals surface area contributed by atoms with E-state index in [2.05, 4.69) is 26.3 Å². The number of ether oxygens (including phenoxy) is 2. The summed E-state index contributed by atoms with van der Waals surface area (Å²) in [6.45, 7) is 5.46. The highest BCUT2D eigenvalue weighted by Gasteiger charge is 2.21. The molecule has 7 heteroatoms. The van der Waals surface area contributed by atoms with E-state index < -0.39 is 0 Å². The fourth-order valence-electron chi connectivity index (χ4n) is 3.16. The number of hydrogen-bond acceptors (Lipinski definition) is 7. The number of nitrogens with one attached hydrogen (secondary N) is 1. The maximum Gasteiger partial charge on any atom is 0.161 e. The van der Waals surface area contributed by atoms with Gasteiger partial charge < -0.3 is 24.8 Å². The SMILES string of the molecule is COc1cc2c(cc1OC)CN(c1cc(N[C@H](C)CO)nc(C)n1)CC2. The first kappa shape index (κ1) is 18.3. The molecular weight excluding hydrogens is 332 g/mol. The van der Waals surface area contributed by atoms with Gasteiger partial charge in [-0.25, -0.2) is 9.97 Å². The average molecular weight is 358 g/mol. The van der Waals surface area contributed by atoms with Crippen LogP contribution in [-0.2, 0) is 13.0 Å².